The van der Waals surface area contributed by atoms with Gasteiger partial charge in [0, 0.05) is 35.6 Å². The van der Waals surface area contributed by atoms with Crippen molar-refractivity contribution in [2.24, 2.45) is 0 Å². The van der Waals surface area contributed by atoms with Gasteiger partial charge in [0.2, 0.25) is 0 Å². The fourth-order valence-corrected chi connectivity index (χ4v) is 2.43. The number of nitrogens with one attached hydrogen (secondary N) is 1. The van der Waals surface area contributed by atoms with Crippen molar-refractivity contribution in [3.8, 4) is 5.75 Å². The lowest BCUT2D eigenvalue weighted by Gasteiger charge is -2.11. The van der Waals surface area contributed by atoms with Gasteiger partial charge in [-0.25, -0.2) is 0 Å². The maximum Gasteiger partial charge on any atom is 0.487 e. The molecule has 0 amide bonds. The Morgan fingerprint density at radius 1 is 1.16 bits per heavy atom. The molecule has 3 aromatic rings. The SMILES string of the molecule is O=C(CCNc1ccc(OC(F)(F)Cl)cc1)c1cc2ccccc2o1. The zero-order valence-electron chi connectivity index (χ0n) is 13.0. The molecule has 0 atom stereocenters. The largest absolute Gasteiger partial charge is 0.487 e. The Kier molecular flexibility index (Phi) is 4.90. The van der Waals surface area contributed by atoms with Crippen LogP contribution in [0.15, 0.2) is 59.0 Å². The number of alkyl halides is 3. The second kappa shape index (κ2) is 7.11. The molecule has 3 rings (SSSR count). The van der Waals surface area contributed by atoms with E-state index in [2.05, 4.69) is 10.1 Å². The highest BCUT2D eigenvalue weighted by Gasteiger charge is 2.27. The van der Waals surface area contributed by atoms with Crippen molar-refractivity contribution in [1.82, 2.24) is 0 Å². The van der Waals surface area contributed by atoms with Crippen LogP contribution in [0.25, 0.3) is 11.0 Å². The van der Waals surface area contributed by atoms with Gasteiger partial charge in [0.15, 0.2) is 11.5 Å². The minimum atomic E-state index is -3.74. The lowest BCUT2D eigenvalue weighted by atomic mass is 10.2. The second-order valence-corrected chi connectivity index (χ2v) is 5.76. The summed E-state index contributed by atoms with van der Waals surface area (Å²) in [5, 5.41) is 3.91. The average molecular weight is 366 g/mol. The number of hydrogen-bond acceptors (Lipinski definition) is 4. The maximum atomic E-state index is 12.5. The quantitative estimate of drug-likeness (QED) is 0.457. The van der Waals surface area contributed by atoms with Gasteiger partial charge in [0.25, 0.3) is 0 Å². The first-order valence-electron chi connectivity index (χ1n) is 7.52. The van der Waals surface area contributed by atoms with E-state index in [0.717, 1.165) is 5.39 Å². The third-order valence-corrected chi connectivity index (χ3v) is 3.55. The summed E-state index contributed by atoms with van der Waals surface area (Å²) < 4.78 is 34.8. The van der Waals surface area contributed by atoms with E-state index in [-0.39, 0.29) is 18.0 Å². The predicted molar refractivity (Wildman–Crippen MR) is 91.5 cm³/mol. The molecule has 1 aromatic heterocycles. The molecule has 0 aliphatic heterocycles. The number of hydrogen-bond donors (Lipinski definition) is 1. The van der Waals surface area contributed by atoms with Crippen LogP contribution in [0.2, 0.25) is 0 Å². The number of furan rings is 1. The van der Waals surface area contributed by atoms with E-state index < -0.39 is 5.57 Å². The molecule has 0 spiro atoms. The van der Waals surface area contributed by atoms with Gasteiger partial charge >= 0.3 is 5.57 Å². The Morgan fingerprint density at radius 2 is 1.88 bits per heavy atom. The highest BCUT2D eigenvalue weighted by Crippen LogP contribution is 2.26. The molecule has 0 saturated carbocycles. The molecule has 4 nitrogen and oxygen atoms in total. The van der Waals surface area contributed by atoms with Crippen molar-refractivity contribution in [3.05, 3.63) is 60.4 Å². The highest BCUT2D eigenvalue weighted by molar-refractivity contribution is 6.20. The van der Waals surface area contributed by atoms with Crippen LogP contribution in [0.5, 0.6) is 5.75 Å². The van der Waals surface area contributed by atoms with Gasteiger partial charge in [-0.3, -0.25) is 4.79 Å². The molecule has 0 radical (unpaired) electrons. The Morgan fingerprint density at radius 3 is 2.56 bits per heavy atom. The summed E-state index contributed by atoms with van der Waals surface area (Å²) in [6.07, 6.45) is 0.234. The summed E-state index contributed by atoms with van der Waals surface area (Å²) in [7, 11) is 0. The van der Waals surface area contributed by atoms with Gasteiger partial charge in [-0.2, -0.15) is 0 Å². The molecule has 0 unspecified atom stereocenters. The Labute approximate surface area is 147 Å². The molecule has 0 fully saturated rings. The van der Waals surface area contributed by atoms with Gasteiger partial charge < -0.3 is 14.5 Å². The van der Waals surface area contributed by atoms with Gasteiger partial charge in [-0.1, -0.05) is 18.2 Å². The minimum absolute atomic E-state index is 0.0519. The number of rotatable bonds is 7. The number of ether oxygens (including phenoxy) is 1. The number of ketones is 1. The average Bonchev–Trinajstić information content (AvgIpc) is 2.99. The lowest BCUT2D eigenvalue weighted by Crippen LogP contribution is -2.15. The number of anilines is 1. The summed E-state index contributed by atoms with van der Waals surface area (Å²) in [6.45, 7) is 0.377. The Hall–Kier alpha value is -2.60. The first kappa shape index (κ1) is 17.2. The van der Waals surface area contributed by atoms with Crippen LogP contribution in [0.4, 0.5) is 14.5 Å². The molecule has 25 heavy (non-hydrogen) atoms. The second-order valence-electron chi connectivity index (χ2n) is 5.32. The molecule has 7 heteroatoms. The van der Waals surface area contributed by atoms with Crippen LogP contribution in [0, 0.1) is 0 Å². The smallest absolute Gasteiger partial charge is 0.453 e. The van der Waals surface area contributed by atoms with Gasteiger partial charge in [0.1, 0.15) is 11.3 Å². The fourth-order valence-electron chi connectivity index (χ4n) is 2.34. The third-order valence-electron chi connectivity index (χ3n) is 3.47. The summed E-state index contributed by atoms with van der Waals surface area (Å²) in [5.41, 5.74) is -2.40. The molecular weight excluding hydrogens is 352 g/mol. The predicted octanol–water partition coefficient (Wildman–Crippen LogP) is 5.29. The zero-order chi connectivity index (χ0) is 17.9. The number of carbonyl (C=O) groups excluding carboxylic acids is 1. The molecule has 130 valence electrons. The normalized spacial score (nSPS) is 11.5. The van der Waals surface area contributed by atoms with Crippen molar-refractivity contribution >= 4 is 34.0 Å². The Bertz CT molecular complexity index is 839. The molecule has 0 aliphatic rings. The number of benzene rings is 2. The number of halogens is 3. The first-order valence-corrected chi connectivity index (χ1v) is 7.90. The third kappa shape index (κ3) is 4.70. The molecule has 1 heterocycles. The van der Waals surface area contributed by atoms with E-state index in [1.807, 2.05) is 18.2 Å². The van der Waals surface area contributed by atoms with E-state index >= 15 is 0 Å². The minimum Gasteiger partial charge on any atom is -0.453 e. The lowest BCUT2D eigenvalue weighted by molar-refractivity contribution is -0.0964. The first-order chi connectivity index (χ1) is 11.9. The summed E-state index contributed by atoms with van der Waals surface area (Å²) in [5.74, 6) is 0.144. The van der Waals surface area contributed by atoms with Crippen LogP contribution in [-0.4, -0.2) is 17.9 Å². The molecule has 0 bridgehead atoms. The highest BCUT2D eigenvalue weighted by atomic mass is 35.5. The molecule has 0 aliphatic carbocycles. The summed E-state index contributed by atoms with van der Waals surface area (Å²) in [4.78, 5) is 12.2. The van der Waals surface area contributed by atoms with Crippen molar-refractivity contribution in [2.45, 2.75) is 12.0 Å². The number of carbonyl (C=O) groups is 1. The van der Waals surface area contributed by atoms with Crippen LogP contribution >= 0.6 is 11.6 Å². The van der Waals surface area contributed by atoms with E-state index in [9.17, 15) is 13.6 Å². The van der Waals surface area contributed by atoms with Crippen LogP contribution in [0.3, 0.4) is 0 Å². The van der Waals surface area contributed by atoms with Crippen LogP contribution < -0.4 is 10.1 Å². The van der Waals surface area contributed by atoms with E-state index in [1.165, 1.54) is 12.1 Å². The van der Waals surface area contributed by atoms with Crippen LogP contribution in [0.1, 0.15) is 17.0 Å². The number of Topliss-reactive ketones (excluding diaryl/α,β-unsaturated/α-hetero) is 1. The van der Waals surface area contributed by atoms with Gasteiger partial charge in [-0.15, -0.1) is 8.78 Å². The van der Waals surface area contributed by atoms with E-state index in [1.54, 1.807) is 24.3 Å². The van der Waals surface area contributed by atoms with Crippen LogP contribution in [-0.2, 0) is 0 Å². The topological polar surface area (TPSA) is 51.5 Å². The van der Waals surface area contributed by atoms with Crippen molar-refractivity contribution in [1.29, 1.82) is 0 Å². The van der Waals surface area contributed by atoms with Gasteiger partial charge in [-0.05, 0) is 36.4 Å². The maximum absolute atomic E-state index is 12.5. The Balaban J connectivity index is 1.53. The van der Waals surface area contributed by atoms with Crippen molar-refractivity contribution in [2.75, 3.05) is 11.9 Å². The number of para-hydroxylation sites is 1. The standard InChI is InChI=1S/C18H14ClF2NO3/c19-18(20,21)25-14-7-5-13(6-8-14)22-10-9-15(23)17-11-12-3-1-2-4-16(12)24-17/h1-8,11,22H,9-10H2. The number of fused-ring (bicyclic) bond motifs is 1. The summed E-state index contributed by atoms with van der Waals surface area (Å²) in [6, 6.07) is 15.0. The van der Waals surface area contributed by atoms with Crippen molar-refractivity contribution in [3.63, 3.8) is 0 Å². The molecule has 0 saturated heterocycles. The van der Waals surface area contributed by atoms with Crippen molar-refractivity contribution < 1.29 is 22.7 Å². The monoisotopic (exact) mass is 365 g/mol. The molecule has 1 N–H and O–H groups in total. The summed E-state index contributed by atoms with van der Waals surface area (Å²) >= 11 is 4.70. The molecule has 2 aromatic carbocycles. The van der Waals surface area contributed by atoms with Gasteiger partial charge in [0.05, 0.1) is 0 Å². The van der Waals surface area contributed by atoms with E-state index in [4.69, 9.17) is 16.0 Å². The zero-order valence-corrected chi connectivity index (χ0v) is 13.7. The van der Waals surface area contributed by atoms with E-state index in [0.29, 0.717) is 23.6 Å². The fraction of sp³-hybridized carbons (Fsp3) is 0.167. The molecular formula is C18H14ClF2NO3.